The predicted molar refractivity (Wildman–Crippen MR) is 89.5 cm³/mol. The largest absolute Gasteiger partial charge is 0.383 e. The number of amides is 1. The maximum Gasteiger partial charge on any atom is 0.224 e. The van der Waals surface area contributed by atoms with Gasteiger partial charge in [0.1, 0.15) is 0 Å². The Morgan fingerprint density at radius 1 is 1.41 bits per heavy atom. The number of hydrogen-bond acceptors (Lipinski definition) is 5. The lowest BCUT2D eigenvalue weighted by atomic mass is 10.0. The average molecular weight is 317 g/mol. The molecule has 1 aromatic heterocycles. The van der Waals surface area contributed by atoms with E-state index in [0.717, 1.165) is 41.5 Å². The molecule has 1 aromatic carbocycles. The molecular formula is C16H19N3O2S. The molecule has 6 heteroatoms. The van der Waals surface area contributed by atoms with Crippen LogP contribution in [0.4, 0.5) is 10.8 Å². The highest BCUT2D eigenvalue weighted by Crippen LogP contribution is 2.30. The molecule has 5 nitrogen and oxygen atoms in total. The van der Waals surface area contributed by atoms with Crippen LogP contribution in [0.1, 0.15) is 18.4 Å². The normalized spacial score (nSPS) is 14.1. The van der Waals surface area contributed by atoms with E-state index in [0.29, 0.717) is 13.0 Å². The fourth-order valence-electron chi connectivity index (χ4n) is 2.48. The molecule has 2 N–H and O–H groups in total. The van der Waals surface area contributed by atoms with Gasteiger partial charge >= 0.3 is 0 Å². The van der Waals surface area contributed by atoms with Crippen molar-refractivity contribution < 1.29 is 9.53 Å². The highest BCUT2D eigenvalue weighted by atomic mass is 32.1. The molecule has 0 bridgehead atoms. The zero-order valence-corrected chi connectivity index (χ0v) is 13.3. The second-order valence-corrected chi connectivity index (χ2v) is 6.09. The Labute approximate surface area is 133 Å². The van der Waals surface area contributed by atoms with Crippen molar-refractivity contribution in [2.24, 2.45) is 0 Å². The van der Waals surface area contributed by atoms with Gasteiger partial charge in [-0.05, 0) is 30.5 Å². The Balaban J connectivity index is 1.78. The Morgan fingerprint density at radius 2 is 2.32 bits per heavy atom. The third kappa shape index (κ3) is 3.45. The third-order valence-corrected chi connectivity index (χ3v) is 4.41. The SMILES string of the molecule is COCCNc1nc(-c2ccc3c(c2)CCCC(=O)N3)cs1. The summed E-state index contributed by atoms with van der Waals surface area (Å²) in [6.45, 7) is 1.41. The molecule has 3 rings (SSSR count). The van der Waals surface area contributed by atoms with E-state index in [1.54, 1.807) is 18.4 Å². The van der Waals surface area contributed by atoms with Crippen LogP contribution in [0.5, 0.6) is 0 Å². The fourth-order valence-corrected chi connectivity index (χ4v) is 3.23. The Kier molecular flexibility index (Phi) is 4.70. The quantitative estimate of drug-likeness (QED) is 0.832. The molecule has 2 aromatic rings. The molecule has 2 heterocycles. The van der Waals surface area contributed by atoms with Crippen molar-refractivity contribution >= 4 is 28.1 Å². The van der Waals surface area contributed by atoms with Gasteiger partial charge in [0, 0.05) is 36.7 Å². The number of carbonyl (C=O) groups is 1. The maximum absolute atomic E-state index is 11.6. The molecule has 0 aliphatic carbocycles. The zero-order valence-electron chi connectivity index (χ0n) is 12.5. The second kappa shape index (κ2) is 6.89. The van der Waals surface area contributed by atoms with Crippen molar-refractivity contribution in [1.29, 1.82) is 0 Å². The summed E-state index contributed by atoms with van der Waals surface area (Å²) in [5.41, 5.74) is 4.17. The van der Waals surface area contributed by atoms with Crippen LogP contribution in [0.2, 0.25) is 0 Å². The van der Waals surface area contributed by atoms with Gasteiger partial charge in [-0.15, -0.1) is 11.3 Å². The molecule has 1 aliphatic rings. The van der Waals surface area contributed by atoms with Crippen LogP contribution in [0.25, 0.3) is 11.3 Å². The number of nitrogens with one attached hydrogen (secondary N) is 2. The van der Waals surface area contributed by atoms with Gasteiger partial charge in [0.05, 0.1) is 12.3 Å². The van der Waals surface area contributed by atoms with Crippen molar-refractivity contribution in [3.63, 3.8) is 0 Å². The molecule has 0 fully saturated rings. The number of methoxy groups -OCH3 is 1. The van der Waals surface area contributed by atoms with E-state index in [1.807, 2.05) is 17.5 Å². The van der Waals surface area contributed by atoms with E-state index >= 15 is 0 Å². The molecule has 0 saturated heterocycles. The van der Waals surface area contributed by atoms with E-state index in [4.69, 9.17) is 4.74 Å². The Morgan fingerprint density at radius 3 is 3.18 bits per heavy atom. The summed E-state index contributed by atoms with van der Waals surface area (Å²) in [7, 11) is 1.68. The zero-order chi connectivity index (χ0) is 15.4. The molecule has 1 aliphatic heterocycles. The minimum Gasteiger partial charge on any atom is -0.383 e. The van der Waals surface area contributed by atoms with Gasteiger partial charge in [0.25, 0.3) is 0 Å². The van der Waals surface area contributed by atoms with Gasteiger partial charge < -0.3 is 15.4 Å². The van der Waals surface area contributed by atoms with E-state index in [9.17, 15) is 4.79 Å². The van der Waals surface area contributed by atoms with Crippen LogP contribution in [0.3, 0.4) is 0 Å². The Hall–Kier alpha value is -1.92. The molecule has 1 amide bonds. The van der Waals surface area contributed by atoms with Crippen molar-refractivity contribution in [1.82, 2.24) is 4.98 Å². The summed E-state index contributed by atoms with van der Waals surface area (Å²) >= 11 is 1.59. The van der Waals surface area contributed by atoms with Gasteiger partial charge in [-0.1, -0.05) is 6.07 Å². The summed E-state index contributed by atoms with van der Waals surface area (Å²) in [6, 6.07) is 6.12. The number of fused-ring (bicyclic) bond motifs is 1. The van der Waals surface area contributed by atoms with Crippen molar-refractivity contribution in [2.45, 2.75) is 19.3 Å². The minimum atomic E-state index is 0.102. The number of nitrogens with zero attached hydrogens (tertiary/aromatic N) is 1. The van der Waals surface area contributed by atoms with Crippen LogP contribution >= 0.6 is 11.3 Å². The standard InChI is InChI=1S/C16H19N3O2S/c1-21-8-7-17-16-19-14(10-22-16)12-5-6-13-11(9-12)3-2-4-15(20)18-13/h5-6,9-10H,2-4,7-8H2,1H3,(H,17,19)(H,18,20). The van der Waals surface area contributed by atoms with Gasteiger partial charge in [0.15, 0.2) is 5.13 Å². The van der Waals surface area contributed by atoms with Crippen LogP contribution in [-0.4, -0.2) is 31.2 Å². The van der Waals surface area contributed by atoms with Crippen LogP contribution in [0.15, 0.2) is 23.6 Å². The summed E-state index contributed by atoms with van der Waals surface area (Å²) in [4.78, 5) is 16.2. The molecule has 0 radical (unpaired) electrons. The van der Waals surface area contributed by atoms with E-state index in [2.05, 4.69) is 21.7 Å². The number of hydrogen-bond donors (Lipinski definition) is 2. The summed E-state index contributed by atoms with van der Waals surface area (Å²) in [6.07, 6.45) is 2.41. The molecule has 0 saturated carbocycles. The van der Waals surface area contributed by atoms with Gasteiger partial charge in [-0.3, -0.25) is 4.79 Å². The number of aromatic nitrogens is 1. The van der Waals surface area contributed by atoms with Crippen molar-refractivity contribution in [2.75, 3.05) is 30.9 Å². The molecular weight excluding hydrogens is 298 g/mol. The highest BCUT2D eigenvalue weighted by molar-refractivity contribution is 7.14. The number of anilines is 2. The first kappa shape index (κ1) is 15.0. The molecule has 0 unspecified atom stereocenters. The lowest BCUT2D eigenvalue weighted by Gasteiger charge is -2.08. The van der Waals surface area contributed by atoms with E-state index < -0.39 is 0 Å². The Bertz CT molecular complexity index is 669. The number of carbonyl (C=O) groups excluding carboxylic acids is 1. The van der Waals surface area contributed by atoms with Gasteiger partial charge in [-0.25, -0.2) is 4.98 Å². The first-order valence-corrected chi connectivity index (χ1v) is 8.26. The number of ether oxygens (including phenoxy) is 1. The molecule has 116 valence electrons. The summed E-state index contributed by atoms with van der Waals surface area (Å²) in [5, 5.41) is 9.14. The summed E-state index contributed by atoms with van der Waals surface area (Å²) in [5.74, 6) is 0.102. The van der Waals surface area contributed by atoms with Crippen molar-refractivity contribution in [3.8, 4) is 11.3 Å². The number of thiazole rings is 1. The van der Waals surface area contributed by atoms with E-state index in [-0.39, 0.29) is 5.91 Å². The molecule has 22 heavy (non-hydrogen) atoms. The first-order chi connectivity index (χ1) is 10.8. The lowest BCUT2D eigenvalue weighted by Crippen LogP contribution is -2.09. The predicted octanol–water partition coefficient (Wildman–Crippen LogP) is 3.14. The van der Waals surface area contributed by atoms with Crippen LogP contribution in [-0.2, 0) is 16.0 Å². The summed E-state index contributed by atoms with van der Waals surface area (Å²) < 4.78 is 5.02. The number of aryl methyl sites for hydroxylation is 1. The highest BCUT2D eigenvalue weighted by Gasteiger charge is 2.14. The third-order valence-electron chi connectivity index (χ3n) is 3.61. The van der Waals surface area contributed by atoms with Crippen LogP contribution < -0.4 is 10.6 Å². The molecule has 0 atom stereocenters. The second-order valence-electron chi connectivity index (χ2n) is 5.23. The average Bonchev–Trinajstić information content (AvgIpc) is 2.89. The molecule has 0 spiro atoms. The monoisotopic (exact) mass is 317 g/mol. The number of benzene rings is 1. The van der Waals surface area contributed by atoms with Crippen molar-refractivity contribution in [3.05, 3.63) is 29.1 Å². The first-order valence-electron chi connectivity index (χ1n) is 7.38. The maximum atomic E-state index is 11.6. The van der Waals surface area contributed by atoms with Gasteiger partial charge in [0.2, 0.25) is 5.91 Å². The van der Waals surface area contributed by atoms with E-state index in [1.165, 1.54) is 5.56 Å². The van der Waals surface area contributed by atoms with Gasteiger partial charge in [-0.2, -0.15) is 0 Å². The van der Waals surface area contributed by atoms with Crippen LogP contribution in [0, 0.1) is 0 Å². The fraction of sp³-hybridized carbons (Fsp3) is 0.375. The minimum absolute atomic E-state index is 0.102. The topological polar surface area (TPSA) is 63.2 Å². The lowest BCUT2D eigenvalue weighted by molar-refractivity contribution is -0.116. The number of rotatable bonds is 5. The smallest absolute Gasteiger partial charge is 0.224 e.